The summed E-state index contributed by atoms with van der Waals surface area (Å²) in [6.07, 6.45) is 4.99. The molecule has 12 heteroatoms. The second-order valence-electron chi connectivity index (χ2n) is 12.2. The van der Waals surface area contributed by atoms with Gasteiger partial charge in [-0.25, -0.2) is 17.9 Å². The number of morpholine rings is 1. The number of carbonyl (C=O) groups excluding carboxylic acids is 1. The Morgan fingerprint density at radius 3 is 2.35 bits per heavy atom. The summed E-state index contributed by atoms with van der Waals surface area (Å²) in [5, 5.41) is 0. The lowest BCUT2D eigenvalue weighted by Crippen LogP contribution is -2.52. The highest BCUT2D eigenvalue weighted by Gasteiger charge is 2.58. The molecule has 3 aliphatic rings. The van der Waals surface area contributed by atoms with Crippen LogP contribution >= 0.6 is 0 Å². The average molecular weight is 627 g/mol. The van der Waals surface area contributed by atoms with Crippen molar-refractivity contribution in [3.63, 3.8) is 0 Å². The Bertz CT molecular complexity index is 1110. The smallest absolute Gasteiger partial charge is 0.421 e. The number of nitrogens with one attached hydrogen (secondary N) is 1. The summed E-state index contributed by atoms with van der Waals surface area (Å²) in [7, 11) is -4.13. The van der Waals surface area contributed by atoms with Gasteiger partial charge < -0.3 is 28.4 Å². The first kappa shape index (κ1) is 34.1. The number of unbranched alkanes of at least 4 members (excludes halogenated alkanes) is 7. The number of rotatable bonds is 16. The van der Waals surface area contributed by atoms with Gasteiger partial charge in [0.25, 0.3) is 10.0 Å². The average Bonchev–Trinajstić information content (AvgIpc) is 3.44. The lowest BCUT2D eigenvalue weighted by atomic mass is 10.0. The van der Waals surface area contributed by atoms with Crippen LogP contribution in [0.3, 0.4) is 0 Å². The first-order chi connectivity index (χ1) is 20.6. The molecule has 5 atom stereocenters. The summed E-state index contributed by atoms with van der Waals surface area (Å²) >= 11 is 0. The van der Waals surface area contributed by atoms with Crippen molar-refractivity contribution in [2.45, 2.75) is 120 Å². The van der Waals surface area contributed by atoms with Gasteiger partial charge in [-0.15, -0.1) is 0 Å². The van der Waals surface area contributed by atoms with Crippen LogP contribution in [0, 0.1) is 6.92 Å². The van der Waals surface area contributed by atoms with Crippen molar-refractivity contribution in [2.75, 3.05) is 39.5 Å². The Morgan fingerprint density at radius 2 is 1.67 bits per heavy atom. The molecule has 0 radical (unpaired) electrons. The largest absolute Gasteiger partial charge is 0.441 e. The molecule has 3 saturated heterocycles. The first-order valence-electron chi connectivity index (χ1n) is 15.8. The van der Waals surface area contributed by atoms with E-state index in [1.807, 2.05) is 20.8 Å². The normalized spacial score (nSPS) is 26.2. The topological polar surface area (TPSA) is 122 Å². The van der Waals surface area contributed by atoms with Gasteiger partial charge in [0.05, 0.1) is 18.1 Å². The summed E-state index contributed by atoms with van der Waals surface area (Å²) in [6, 6.07) is 6.23. The summed E-state index contributed by atoms with van der Waals surface area (Å²) in [4.78, 5) is 15.2. The van der Waals surface area contributed by atoms with Crippen molar-refractivity contribution in [3.05, 3.63) is 29.8 Å². The third-order valence-corrected chi connectivity index (χ3v) is 9.38. The molecule has 0 aliphatic carbocycles. The van der Waals surface area contributed by atoms with Crippen molar-refractivity contribution in [1.29, 1.82) is 0 Å². The van der Waals surface area contributed by atoms with E-state index in [0.717, 1.165) is 24.8 Å². The van der Waals surface area contributed by atoms with Gasteiger partial charge in [0.15, 0.2) is 12.1 Å². The second kappa shape index (κ2) is 16.0. The molecule has 0 bridgehead atoms. The molecule has 0 spiro atoms. The van der Waals surface area contributed by atoms with E-state index in [9.17, 15) is 13.2 Å². The van der Waals surface area contributed by atoms with E-state index in [1.54, 1.807) is 12.1 Å². The van der Waals surface area contributed by atoms with E-state index >= 15 is 0 Å². The third-order valence-electron chi connectivity index (χ3n) is 8.05. The molecule has 1 aromatic rings. The number of sulfonamides is 1. The van der Waals surface area contributed by atoms with E-state index in [2.05, 4.69) is 16.5 Å². The van der Waals surface area contributed by atoms with Crippen LogP contribution in [0.2, 0.25) is 0 Å². The van der Waals surface area contributed by atoms with Crippen molar-refractivity contribution >= 4 is 16.1 Å². The molecular formula is C31H50N2O9S. The Morgan fingerprint density at radius 1 is 1.02 bits per heavy atom. The Kier molecular flexibility index (Phi) is 12.7. The lowest BCUT2D eigenvalue weighted by molar-refractivity contribution is -0.230. The Hall–Kier alpha value is -1.80. The zero-order chi connectivity index (χ0) is 30.9. The molecular weight excluding hydrogens is 576 g/mol. The van der Waals surface area contributed by atoms with Crippen molar-refractivity contribution < 1.29 is 41.6 Å². The van der Waals surface area contributed by atoms with Gasteiger partial charge in [-0.2, -0.15) is 0 Å². The van der Waals surface area contributed by atoms with Crippen molar-refractivity contribution in [1.82, 2.24) is 9.62 Å². The second-order valence-corrected chi connectivity index (χ2v) is 13.8. The number of ether oxygens (including phenoxy) is 6. The molecule has 4 rings (SSSR count). The molecule has 1 unspecified atom stereocenters. The number of nitrogens with zero attached hydrogens (tertiary/aromatic N) is 1. The van der Waals surface area contributed by atoms with Crippen LogP contribution in [0.15, 0.2) is 29.2 Å². The van der Waals surface area contributed by atoms with E-state index in [0.29, 0.717) is 39.5 Å². The monoisotopic (exact) mass is 626 g/mol. The van der Waals surface area contributed by atoms with Gasteiger partial charge in [0.2, 0.25) is 0 Å². The summed E-state index contributed by atoms with van der Waals surface area (Å²) in [6.45, 7) is 10.9. The van der Waals surface area contributed by atoms with Gasteiger partial charge >= 0.3 is 6.09 Å². The molecule has 3 heterocycles. The summed E-state index contributed by atoms with van der Waals surface area (Å²) < 4.78 is 64.1. The molecule has 1 N–H and O–H groups in total. The van der Waals surface area contributed by atoms with Crippen molar-refractivity contribution in [2.24, 2.45) is 0 Å². The van der Waals surface area contributed by atoms with Crippen LogP contribution in [0.4, 0.5) is 4.79 Å². The Labute approximate surface area is 256 Å². The van der Waals surface area contributed by atoms with Crippen LogP contribution in [0.25, 0.3) is 0 Å². The zero-order valence-corrected chi connectivity index (χ0v) is 26.9. The van der Waals surface area contributed by atoms with Crippen LogP contribution in [0.5, 0.6) is 0 Å². The highest BCUT2D eigenvalue weighted by Crippen LogP contribution is 2.40. The number of benzene rings is 1. The Balaban J connectivity index is 1.43. The number of amides is 1. The van der Waals surface area contributed by atoms with E-state index in [1.165, 1.54) is 44.2 Å². The molecule has 1 aromatic carbocycles. The maximum atomic E-state index is 13.1. The van der Waals surface area contributed by atoms with Crippen molar-refractivity contribution in [3.8, 4) is 0 Å². The fraction of sp³-hybridized carbons (Fsp3) is 0.774. The van der Waals surface area contributed by atoms with Crippen LogP contribution < -0.4 is 4.72 Å². The minimum Gasteiger partial charge on any atom is -0.441 e. The van der Waals surface area contributed by atoms with Crippen LogP contribution in [-0.2, 0) is 38.4 Å². The number of hydrogen-bond donors (Lipinski definition) is 1. The zero-order valence-electron chi connectivity index (χ0n) is 26.1. The maximum Gasteiger partial charge on any atom is 0.421 e. The minimum absolute atomic E-state index is 0.0259. The van der Waals surface area contributed by atoms with Crippen LogP contribution in [-0.4, -0.2) is 95.4 Å². The van der Waals surface area contributed by atoms with E-state index in [-0.39, 0.29) is 4.90 Å². The summed E-state index contributed by atoms with van der Waals surface area (Å²) in [5.41, 5.74) is 0.904. The number of aryl methyl sites for hydroxylation is 1. The van der Waals surface area contributed by atoms with Gasteiger partial charge in [-0.1, -0.05) is 69.6 Å². The molecule has 0 saturated carbocycles. The van der Waals surface area contributed by atoms with Gasteiger partial charge in [0, 0.05) is 26.2 Å². The standard InChI is InChI=1S/C31H50N2O9S/c1-5-6-7-8-9-10-11-12-19-38-27-26(40-29-28(27)41-31(3,4)42-29)25(22-33-17-20-37-21-18-33)39-30(34)32-43(35,36)24-15-13-23(2)14-16-24/h13-16,25-29H,5-12,17-22H2,1-4H3,(H,32,34)/t25?,26-,27+,28-,29-/m1/s1. The van der Waals surface area contributed by atoms with Gasteiger partial charge in [-0.3, -0.25) is 4.90 Å². The number of carbonyl (C=O) groups is 1. The van der Waals surface area contributed by atoms with Gasteiger partial charge in [-0.05, 0) is 39.3 Å². The fourth-order valence-corrected chi connectivity index (χ4v) is 6.62. The predicted molar refractivity (Wildman–Crippen MR) is 160 cm³/mol. The highest BCUT2D eigenvalue weighted by atomic mass is 32.2. The maximum absolute atomic E-state index is 13.1. The molecule has 244 valence electrons. The molecule has 1 amide bonds. The highest BCUT2D eigenvalue weighted by molar-refractivity contribution is 7.90. The number of fused-ring (bicyclic) bond motifs is 1. The third kappa shape index (κ3) is 10.1. The molecule has 3 fully saturated rings. The summed E-state index contributed by atoms with van der Waals surface area (Å²) in [5.74, 6) is -0.847. The molecule has 43 heavy (non-hydrogen) atoms. The fourth-order valence-electron chi connectivity index (χ4n) is 5.74. The number of hydrogen-bond acceptors (Lipinski definition) is 10. The quantitative estimate of drug-likeness (QED) is 0.262. The first-order valence-corrected chi connectivity index (χ1v) is 17.3. The minimum atomic E-state index is -4.13. The van der Waals surface area contributed by atoms with Crippen LogP contribution in [0.1, 0.15) is 77.7 Å². The molecule has 11 nitrogen and oxygen atoms in total. The molecule has 3 aliphatic heterocycles. The van der Waals surface area contributed by atoms with E-state index in [4.69, 9.17) is 28.4 Å². The predicted octanol–water partition coefficient (Wildman–Crippen LogP) is 4.51. The lowest BCUT2D eigenvalue weighted by Gasteiger charge is -2.35. The molecule has 0 aromatic heterocycles. The van der Waals surface area contributed by atoms with E-state index < -0.39 is 52.6 Å². The van der Waals surface area contributed by atoms with Gasteiger partial charge in [0.1, 0.15) is 24.4 Å². The SMILES string of the molecule is CCCCCCCCCCO[C@@H]1[C@H]2OC(C)(C)O[C@H]2O[C@@H]1C(CN1CCOCC1)OC(=O)NS(=O)(=O)c1ccc(C)cc1.